The molecule has 0 unspecified atom stereocenters. The van der Waals surface area contributed by atoms with Gasteiger partial charge in [0.25, 0.3) is 0 Å². The van der Waals surface area contributed by atoms with Crippen LogP contribution in [-0.2, 0) is 10.8 Å². The minimum atomic E-state index is -0.224. The van der Waals surface area contributed by atoms with Gasteiger partial charge in [-0.2, -0.15) is 0 Å². The number of benzene rings is 10. The van der Waals surface area contributed by atoms with Crippen LogP contribution in [0.4, 0.5) is 17.1 Å². The number of fused-ring (bicyclic) bond motifs is 12. The van der Waals surface area contributed by atoms with Crippen molar-refractivity contribution in [2.75, 3.05) is 4.90 Å². The molecule has 0 N–H and O–H groups in total. The maximum Gasteiger partial charge on any atom is 0.0547 e. The highest BCUT2D eigenvalue weighted by Crippen LogP contribution is 2.54. The maximum absolute atomic E-state index is 2.46. The summed E-state index contributed by atoms with van der Waals surface area (Å²) in [5.74, 6) is 0. The summed E-state index contributed by atoms with van der Waals surface area (Å²) < 4.78 is 4.85. The Labute approximate surface area is 402 Å². The Morgan fingerprint density at radius 1 is 0.290 bits per heavy atom. The van der Waals surface area contributed by atoms with Gasteiger partial charge in [0.2, 0.25) is 0 Å². The maximum atomic E-state index is 2.46. The first-order valence-corrected chi connectivity index (χ1v) is 24.3. The molecule has 0 saturated carbocycles. The van der Waals surface area contributed by atoms with Crippen molar-refractivity contribution < 1.29 is 0 Å². The molecule has 14 rings (SSSR count). The van der Waals surface area contributed by atoms with Crippen molar-refractivity contribution in [1.82, 2.24) is 9.13 Å². The molecule has 3 heteroatoms. The second-order valence-corrected chi connectivity index (χ2v) is 20.2. The molecule has 2 aliphatic rings. The fourth-order valence-electron chi connectivity index (χ4n) is 12.3. The molecule has 0 bridgehead atoms. The van der Waals surface area contributed by atoms with Crippen LogP contribution in [0.5, 0.6) is 0 Å². The predicted molar refractivity (Wildman–Crippen MR) is 290 cm³/mol. The molecule has 2 aliphatic carbocycles. The Morgan fingerprint density at radius 2 is 0.696 bits per heavy atom. The number of hydrogen-bond donors (Lipinski definition) is 0. The van der Waals surface area contributed by atoms with Crippen molar-refractivity contribution in [2.45, 2.75) is 38.5 Å². The van der Waals surface area contributed by atoms with Crippen molar-refractivity contribution in [3.63, 3.8) is 0 Å². The molecule has 0 fully saturated rings. The van der Waals surface area contributed by atoms with E-state index in [4.69, 9.17) is 0 Å². The molecule has 10 aromatic carbocycles. The average Bonchev–Trinajstić information content (AvgIpc) is 4.05. The van der Waals surface area contributed by atoms with Gasteiger partial charge in [-0.3, -0.25) is 0 Å². The smallest absolute Gasteiger partial charge is 0.0547 e. The summed E-state index contributed by atoms with van der Waals surface area (Å²) in [4.78, 5) is 2.45. The second-order valence-electron chi connectivity index (χ2n) is 20.2. The summed E-state index contributed by atoms with van der Waals surface area (Å²) in [6, 6.07) is 83.5. The lowest BCUT2D eigenvalue weighted by Crippen LogP contribution is -2.18. The van der Waals surface area contributed by atoms with Gasteiger partial charge < -0.3 is 14.0 Å². The van der Waals surface area contributed by atoms with Crippen molar-refractivity contribution in [3.05, 3.63) is 247 Å². The van der Waals surface area contributed by atoms with Gasteiger partial charge in [0.15, 0.2) is 0 Å². The van der Waals surface area contributed by atoms with E-state index >= 15 is 0 Å². The molecule has 0 atom stereocenters. The van der Waals surface area contributed by atoms with Gasteiger partial charge in [0.05, 0.1) is 22.1 Å². The lowest BCUT2D eigenvalue weighted by molar-refractivity contribution is 0.659. The minimum Gasteiger partial charge on any atom is -0.310 e. The molecule has 0 radical (unpaired) electrons. The number of hydrogen-bond acceptors (Lipinski definition) is 1. The molecule has 0 spiro atoms. The van der Waals surface area contributed by atoms with Crippen molar-refractivity contribution in [2.24, 2.45) is 0 Å². The van der Waals surface area contributed by atoms with E-state index in [-0.39, 0.29) is 10.8 Å². The van der Waals surface area contributed by atoms with Crippen LogP contribution in [-0.4, -0.2) is 9.13 Å². The first kappa shape index (κ1) is 39.7. The van der Waals surface area contributed by atoms with Crippen LogP contribution in [0, 0.1) is 0 Å². The summed E-state index contributed by atoms with van der Waals surface area (Å²) >= 11 is 0. The quantitative estimate of drug-likeness (QED) is 0.162. The number of para-hydroxylation sites is 5. The lowest BCUT2D eigenvalue weighted by atomic mass is 9.81. The molecule has 0 aliphatic heterocycles. The van der Waals surface area contributed by atoms with Crippen molar-refractivity contribution in [3.8, 4) is 44.8 Å². The van der Waals surface area contributed by atoms with Gasteiger partial charge >= 0.3 is 0 Å². The monoisotopic (exact) mass is 883 g/mol. The van der Waals surface area contributed by atoms with Crippen LogP contribution in [0.25, 0.3) is 88.4 Å². The van der Waals surface area contributed by atoms with Crippen LogP contribution in [0.15, 0.2) is 224 Å². The number of aromatic nitrogens is 2. The van der Waals surface area contributed by atoms with Crippen molar-refractivity contribution >= 4 is 60.7 Å². The largest absolute Gasteiger partial charge is 0.310 e. The zero-order valence-electron chi connectivity index (χ0n) is 39.2. The summed E-state index contributed by atoms with van der Waals surface area (Å²) in [7, 11) is 0. The highest BCUT2D eigenvalue weighted by molar-refractivity contribution is 6.11. The van der Waals surface area contributed by atoms with Gasteiger partial charge in [-0.15, -0.1) is 0 Å². The van der Waals surface area contributed by atoms with E-state index in [2.05, 4.69) is 266 Å². The molecule has 0 saturated heterocycles. The summed E-state index contributed by atoms with van der Waals surface area (Å²) in [6.45, 7) is 9.59. The van der Waals surface area contributed by atoms with E-state index in [1.54, 1.807) is 0 Å². The number of nitrogens with zero attached hydrogens (tertiary/aromatic N) is 3. The van der Waals surface area contributed by atoms with Gasteiger partial charge in [-0.25, -0.2) is 0 Å². The summed E-state index contributed by atoms with van der Waals surface area (Å²) in [6.07, 6.45) is 0. The molecule has 12 aromatic rings. The Balaban J connectivity index is 0.842. The molecular formula is C66H49N3. The van der Waals surface area contributed by atoms with Gasteiger partial charge in [-0.1, -0.05) is 161 Å². The first-order valence-electron chi connectivity index (χ1n) is 24.3. The molecule has 2 aromatic heterocycles. The molecule has 328 valence electrons. The Bertz CT molecular complexity index is 4020. The third kappa shape index (κ3) is 5.74. The Morgan fingerprint density at radius 3 is 1.26 bits per heavy atom. The first-order chi connectivity index (χ1) is 33.7. The molecular weight excluding hydrogens is 835 g/mol. The van der Waals surface area contributed by atoms with Crippen LogP contribution in [0.2, 0.25) is 0 Å². The van der Waals surface area contributed by atoms with Gasteiger partial charge in [-0.05, 0) is 147 Å². The molecule has 3 nitrogen and oxygen atoms in total. The highest BCUT2D eigenvalue weighted by atomic mass is 15.1. The minimum absolute atomic E-state index is 0.222. The fourth-order valence-corrected chi connectivity index (χ4v) is 12.3. The third-order valence-corrected chi connectivity index (χ3v) is 15.7. The predicted octanol–water partition coefficient (Wildman–Crippen LogP) is 17.6. The molecule has 2 heterocycles. The topological polar surface area (TPSA) is 13.1 Å². The third-order valence-electron chi connectivity index (χ3n) is 15.7. The van der Waals surface area contributed by atoms with E-state index in [1.165, 1.54) is 111 Å². The van der Waals surface area contributed by atoms with E-state index < -0.39 is 0 Å². The van der Waals surface area contributed by atoms with Crippen LogP contribution in [0.1, 0.15) is 49.9 Å². The zero-order chi connectivity index (χ0) is 46.2. The summed E-state index contributed by atoms with van der Waals surface area (Å²) in [5, 5.41) is 5.10. The standard InChI is InChI=1S/C66H49N3/c1-65(2)57-37-42(43-28-33-56-55-23-13-14-24-61(55)68(64(56)38-43)45-19-9-6-10-20-45)27-32-49(57)50-34-29-46(39-58(50)65)67(44-17-7-5-8-18-44)47-30-35-51-52-36-31-48(41-60(52)66(3,4)59(51)40-47)69-62-25-15-11-21-53(62)54-22-12-16-26-63(54)69/h5-41H,1-4H3. The average molecular weight is 884 g/mol. The van der Waals surface area contributed by atoms with Crippen LogP contribution in [0.3, 0.4) is 0 Å². The number of anilines is 3. The molecule has 0 amide bonds. The Kier molecular flexibility index (Phi) is 8.38. The van der Waals surface area contributed by atoms with E-state index in [0.717, 1.165) is 17.1 Å². The second kappa shape index (κ2) is 14.6. The van der Waals surface area contributed by atoms with Gasteiger partial charge in [0.1, 0.15) is 0 Å². The zero-order valence-corrected chi connectivity index (χ0v) is 39.2. The highest BCUT2D eigenvalue weighted by Gasteiger charge is 2.38. The van der Waals surface area contributed by atoms with Crippen LogP contribution < -0.4 is 4.90 Å². The normalized spacial score (nSPS) is 14.0. The van der Waals surface area contributed by atoms with E-state index in [9.17, 15) is 0 Å². The SMILES string of the molecule is CC1(C)c2cc(-c3ccc4c5ccccc5n(-c5ccccc5)c4c3)ccc2-c2ccc(N(c3ccccc3)c3ccc4c(c3)C(C)(C)c3cc(-n5c6ccccc6c6ccccc65)ccc3-4)cc21. The molecule has 69 heavy (non-hydrogen) atoms. The van der Waals surface area contributed by atoms with E-state index in [1.807, 2.05) is 0 Å². The van der Waals surface area contributed by atoms with Crippen molar-refractivity contribution in [1.29, 1.82) is 0 Å². The van der Waals surface area contributed by atoms with Crippen LogP contribution >= 0.6 is 0 Å². The Hall–Kier alpha value is -8.40. The van der Waals surface area contributed by atoms with Gasteiger partial charge in [0, 0.05) is 60.8 Å². The van der Waals surface area contributed by atoms with E-state index in [0.29, 0.717) is 0 Å². The summed E-state index contributed by atoms with van der Waals surface area (Å²) in [5.41, 5.74) is 23.4. The lowest BCUT2D eigenvalue weighted by Gasteiger charge is -2.29. The fraction of sp³-hybridized carbons (Fsp3) is 0.0909. The number of rotatable bonds is 6.